The molecule has 0 aromatic heterocycles. The van der Waals surface area contributed by atoms with Crippen LogP contribution >= 0.6 is 11.6 Å². The molecule has 0 spiro atoms. The first-order valence-electron chi connectivity index (χ1n) is 15.8. The van der Waals surface area contributed by atoms with E-state index in [-0.39, 0.29) is 24.5 Å². The van der Waals surface area contributed by atoms with Crippen LogP contribution in [-0.4, -0.2) is 61.5 Å². The van der Waals surface area contributed by atoms with Gasteiger partial charge >= 0.3 is 6.09 Å². The zero-order valence-electron chi connectivity index (χ0n) is 26.6. The smallest absolute Gasteiger partial charge is 0.404 e. The number of carbonyl (C=O) groups excluding carboxylic acids is 2. The van der Waals surface area contributed by atoms with Crippen molar-refractivity contribution < 1.29 is 24.2 Å². The van der Waals surface area contributed by atoms with Crippen molar-refractivity contribution in [3.63, 3.8) is 0 Å². The van der Waals surface area contributed by atoms with E-state index in [1.54, 1.807) is 7.11 Å². The summed E-state index contributed by atoms with van der Waals surface area (Å²) in [6.45, 7) is 6.54. The highest BCUT2D eigenvalue weighted by Crippen LogP contribution is 2.46. The molecule has 242 valence electrons. The van der Waals surface area contributed by atoms with Gasteiger partial charge in [0.2, 0.25) is 0 Å². The summed E-state index contributed by atoms with van der Waals surface area (Å²) in [5, 5.41) is 16.7. The van der Waals surface area contributed by atoms with E-state index < -0.39 is 11.7 Å². The van der Waals surface area contributed by atoms with Crippen molar-refractivity contribution >= 4 is 23.6 Å². The van der Waals surface area contributed by atoms with Gasteiger partial charge in [0.15, 0.2) is 0 Å². The molecule has 4 rings (SSSR count). The molecule has 3 aromatic carbocycles. The molecule has 1 aliphatic heterocycles. The third kappa shape index (κ3) is 8.85. The molecule has 3 atom stereocenters. The Bertz CT molecular complexity index is 1430. The molecular formula is C36H46ClN3O5. The van der Waals surface area contributed by atoms with Gasteiger partial charge in [0.1, 0.15) is 0 Å². The lowest BCUT2D eigenvalue weighted by Gasteiger charge is -2.43. The standard InChI is InChI=1S/C36H46ClN3O5/c1-4-26-9-5-10-29(21-26)33-31(12-6-13-32(33)37)36(43,18-8-20-45-35(38)42)30-11-7-19-40(23-30)34(41)28-16-14-27(15-17-28)22-39-25(2)24-44-3/h5-6,9-10,12-17,21,25,30,39,43H,4,7-8,11,18-20,22-24H2,1-3H3,(H2,38,42)/t25?,30-,36+/m1/s1. The third-order valence-electron chi connectivity index (χ3n) is 8.71. The van der Waals surface area contributed by atoms with Crippen LogP contribution in [0.2, 0.25) is 5.02 Å². The van der Waals surface area contributed by atoms with Gasteiger partial charge in [0.05, 0.1) is 18.8 Å². The van der Waals surface area contributed by atoms with Crippen LogP contribution in [0.4, 0.5) is 4.79 Å². The van der Waals surface area contributed by atoms with E-state index >= 15 is 0 Å². The lowest BCUT2D eigenvalue weighted by molar-refractivity contribution is -0.0588. The maximum atomic E-state index is 13.7. The number of benzene rings is 3. The van der Waals surface area contributed by atoms with Crippen LogP contribution in [-0.2, 0) is 28.0 Å². The minimum atomic E-state index is -1.35. The highest BCUT2D eigenvalue weighted by Gasteiger charge is 2.43. The molecule has 9 heteroatoms. The average molecular weight is 636 g/mol. The van der Waals surface area contributed by atoms with Crippen molar-refractivity contribution in [2.24, 2.45) is 11.7 Å². The van der Waals surface area contributed by atoms with Gasteiger partial charge in [0, 0.05) is 54.9 Å². The predicted molar refractivity (Wildman–Crippen MR) is 178 cm³/mol. The fourth-order valence-electron chi connectivity index (χ4n) is 6.30. The van der Waals surface area contributed by atoms with Gasteiger partial charge < -0.3 is 30.5 Å². The molecule has 0 bridgehead atoms. The van der Waals surface area contributed by atoms with Crippen molar-refractivity contribution in [3.05, 3.63) is 94.0 Å². The summed E-state index contributed by atoms with van der Waals surface area (Å²) in [6, 6.07) is 21.7. The molecule has 2 amide bonds. The minimum Gasteiger partial charge on any atom is -0.450 e. The lowest BCUT2D eigenvalue weighted by atomic mass is 9.72. The molecule has 4 N–H and O–H groups in total. The van der Waals surface area contributed by atoms with Crippen LogP contribution in [0.25, 0.3) is 11.1 Å². The number of amides is 2. The van der Waals surface area contributed by atoms with Crippen LogP contribution in [0.5, 0.6) is 0 Å². The molecule has 1 unspecified atom stereocenters. The number of nitrogens with zero attached hydrogens (tertiary/aromatic N) is 1. The second kappa shape index (κ2) is 16.2. The Hall–Kier alpha value is -3.43. The molecule has 3 aromatic rings. The Balaban J connectivity index is 1.61. The summed E-state index contributed by atoms with van der Waals surface area (Å²) in [6.07, 6.45) is 2.19. The van der Waals surface area contributed by atoms with Crippen molar-refractivity contribution in [2.75, 3.05) is 33.4 Å². The molecular weight excluding hydrogens is 590 g/mol. The monoisotopic (exact) mass is 635 g/mol. The zero-order valence-corrected chi connectivity index (χ0v) is 27.3. The number of aryl methyl sites for hydroxylation is 1. The van der Waals surface area contributed by atoms with Crippen LogP contribution in [0, 0.1) is 5.92 Å². The summed E-state index contributed by atoms with van der Waals surface area (Å²) in [5.74, 6) is -0.338. The fraction of sp³-hybridized carbons (Fsp3) is 0.444. The number of primary amides is 1. The molecule has 1 aliphatic rings. The fourth-order valence-corrected chi connectivity index (χ4v) is 6.58. The van der Waals surface area contributed by atoms with E-state index in [0.717, 1.165) is 41.5 Å². The van der Waals surface area contributed by atoms with Crippen molar-refractivity contribution in [1.82, 2.24) is 10.2 Å². The van der Waals surface area contributed by atoms with Gasteiger partial charge in [-0.2, -0.15) is 0 Å². The number of methoxy groups -OCH3 is 1. The van der Waals surface area contributed by atoms with Crippen LogP contribution in [0.3, 0.4) is 0 Å². The lowest BCUT2D eigenvalue weighted by Crippen LogP contribution is -2.48. The largest absolute Gasteiger partial charge is 0.450 e. The molecule has 1 heterocycles. The van der Waals surface area contributed by atoms with E-state index in [9.17, 15) is 14.7 Å². The molecule has 1 fully saturated rings. The summed E-state index contributed by atoms with van der Waals surface area (Å²) >= 11 is 6.86. The number of aliphatic hydroxyl groups is 1. The molecule has 1 saturated heterocycles. The number of halogens is 1. The number of carbonyl (C=O) groups is 2. The molecule has 0 aliphatic carbocycles. The van der Waals surface area contributed by atoms with Gasteiger partial charge in [-0.25, -0.2) is 4.79 Å². The van der Waals surface area contributed by atoms with E-state index in [1.165, 1.54) is 0 Å². The van der Waals surface area contributed by atoms with Gasteiger partial charge in [-0.3, -0.25) is 4.79 Å². The molecule has 0 saturated carbocycles. The van der Waals surface area contributed by atoms with E-state index in [2.05, 4.69) is 31.3 Å². The Kier molecular flexibility index (Phi) is 12.4. The number of nitrogens with two attached hydrogens (primary N) is 1. The van der Waals surface area contributed by atoms with Gasteiger partial charge in [0.25, 0.3) is 5.91 Å². The first-order valence-corrected chi connectivity index (χ1v) is 16.2. The molecule has 45 heavy (non-hydrogen) atoms. The van der Waals surface area contributed by atoms with Crippen molar-refractivity contribution in [1.29, 1.82) is 0 Å². The van der Waals surface area contributed by atoms with Gasteiger partial charge in [-0.1, -0.05) is 67.1 Å². The SMILES string of the molecule is CCc1cccc(-c2c(Cl)cccc2[C@](O)(CCCOC(N)=O)[C@@H]2CCCN(C(=O)c3ccc(CNC(C)COC)cc3)C2)c1. The van der Waals surface area contributed by atoms with Gasteiger partial charge in [-0.15, -0.1) is 0 Å². The first kappa shape index (κ1) is 34.4. The van der Waals surface area contributed by atoms with Crippen LogP contribution < -0.4 is 11.1 Å². The Morgan fingerprint density at radius 3 is 2.60 bits per heavy atom. The molecule has 8 nitrogen and oxygen atoms in total. The number of ether oxygens (including phenoxy) is 2. The maximum absolute atomic E-state index is 13.7. The van der Waals surface area contributed by atoms with Crippen molar-refractivity contribution in [3.8, 4) is 11.1 Å². The number of nitrogens with one attached hydrogen (secondary N) is 1. The Labute approximate surface area is 271 Å². The summed E-state index contributed by atoms with van der Waals surface area (Å²) < 4.78 is 10.2. The van der Waals surface area contributed by atoms with E-state index in [4.69, 9.17) is 26.8 Å². The third-order valence-corrected chi connectivity index (χ3v) is 9.02. The van der Waals surface area contributed by atoms with Gasteiger partial charge in [-0.05, 0) is 79.5 Å². The molecule has 0 radical (unpaired) electrons. The number of likely N-dealkylation sites (tertiary alicyclic amines) is 1. The Morgan fingerprint density at radius 2 is 1.89 bits per heavy atom. The van der Waals surface area contributed by atoms with E-state index in [1.807, 2.05) is 59.5 Å². The summed E-state index contributed by atoms with van der Waals surface area (Å²) in [4.78, 5) is 26.9. The summed E-state index contributed by atoms with van der Waals surface area (Å²) in [5.41, 5.74) is 9.13. The quantitative estimate of drug-likeness (QED) is 0.179. The Morgan fingerprint density at radius 1 is 1.13 bits per heavy atom. The number of rotatable bonds is 14. The maximum Gasteiger partial charge on any atom is 0.404 e. The first-order chi connectivity index (χ1) is 21.7. The predicted octanol–water partition coefficient (Wildman–Crippen LogP) is 6.31. The number of hydrogen-bond donors (Lipinski definition) is 3. The summed E-state index contributed by atoms with van der Waals surface area (Å²) in [7, 11) is 1.68. The minimum absolute atomic E-state index is 0.0617. The van der Waals surface area contributed by atoms with Crippen LogP contribution in [0.1, 0.15) is 66.6 Å². The normalized spacial score (nSPS) is 17.0. The van der Waals surface area contributed by atoms with Crippen molar-refractivity contribution in [2.45, 2.75) is 64.1 Å². The van der Waals surface area contributed by atoms with E-state index in [0.29, 0.717) is 55.2 Å². The number of hydrogen-bond acceptors (Lipinski definition) is 6. The highest BCUT2D eigenvalue weighted by molar-refractivity contribution is 6.33. The number of piperidine rings is 1. The second-order valence-electron chi connectivity index (χ2n) is 11.9. The second-order valence-corrected chi connectivity index (χ2v) is 12.3. The average Bonchev–Trinajstić information content (AvgIpc) is 3.05. The highest BCUT2D eigenvalue weighted by atomic mass is 35.5. The van der Waals surface area contributed by atoms with Crippen LogP contribution in [0.15, 0.2) is 66.7 Å². The zero-order chi connectivity index (χ0) is 32.4. The topological polar surface area (TPSA) is 114 Å².